The molecule has 12 heteroatoms. The molecule has 2 fully saturated rings. The van der Waals surface area contributed by atoms with Crippen LogP contribution in [0.4, 0.5) is 14.5 Å². The largest absolute Gasteiger partial charge is 0.466 e. The molecule has 0 amide bonds. The zero-order chi connectivity index (χ0) is 24.1. The summed E-state index contributed by atoms with van der Waals surface area (Å²) in [6.45, 7) is 4.59. The van der Waals surface area contributed by atoms with E-state index in [1.807, 2.05) is 4.90 Å². The molecule has 186 valence electrons. The van der Waals surface area contributed by atoms with Crippen molar-refractivity contribution in [1.82, 2.24) is 25.3 Å². The first kappa shape index (κ1) is 24.4. The number of ether oxygens (including phenoxy) is 3. The smallest absolute Gasteiger partial charge is 0.306 e. The summed E-state index contributed by atoms with van der Waals surface area (Å²) in [6, 6.07) is 3.32. The van der Waals surface area contributed by atoms with Crippen molar-refractivity contribution in [2.75, 3.05) is 37.7 Å². The highest BCUT2D eigenvalue weighted by molar-refractivity contribution is 5.70. The van der Waals surface area contributed by atoms with Crippen LogP contribution in [0.2, 0.25) is 0 Å². The molecule has 0 aromatic carbocycles. The summed E-state index contributed by atoms with van der Waals surface area (Å²) in [4.78, 5) is 18.1. The van der Waals surface area contributed by atoms with Gasteiger partial charge in [-0.15, -0.1) is 5.10 Å². The number of alkyl halides is 2. The molecular weight excluding hydrogens is 450 g/mol. The van der Waals surface area contributed by atoms with Crippen molar-refractivity contribution in [1.29, 1.82) is 0 Å². The van der Waals surface area contributed by atoms with Gasteiger partial charge in [0.1, 0.15) is 11.4 Å². The molecule has 0 spiro atoms. The van der Waals surface area contributed by atoms with E-state index in [2.05, 4.69) is 20.6 Å². The maximum Gasteiger partial charge on any atom is 0.306 e. The molecule has 4 rings (SSSR count). The van der Waals surface area contributed by atoms with Gasteiger partial charge in [-0.25, -0.2) is 18.4 Å². The highest BCUT2D eigenvalue weighted by atomic mass is 19.3. The molecule has 1 unspecified atom stereocenters. The number of anilines is 1. The van der Waals surface area contributed by atoms with Crippen LogP contribution < -0.4 is 10.2 Å². The third kappa shape index (κ3) is 5.68. The van der Waals surface area contributed by atoms with Gasteiger partial charge in [-0.05, 0) is 37.8 Å². The first-order valence-electron chi connectivity index (χ1n) is 11.5. The minimum atomic E-state index is -2.77. The van der Waals surface area contributed by atoms with Crippen molar-refractivity contribution in [2.45, 2.75) is 45.6 Å². The van der Waals surface area contributed by atoms with Crippen molar-refractivity contribution in [2.24, 2.45) is 13.0 Å². The van der Waals surface area contributed by atoms with Gasteiger partial charge in [-0.2, -0.15) is 0 Å². The van der Waals surface area contributed by atoms with E-state index < -0.39 is 12.8 Å². The lowest BCUT2D eigenvalue weighted by atomic mass is 9.94. The number of nitrogens with one attached hydrogen (secondary N) is 1. The van der Waals surface area contributed by atoms with Crippen LogP contribution in [0.5, 0.6) is 0 Å². The van der Waals surface area contributed by atoms with Crippen LogP contribution in [0.15, 0.2) is 12.1 Å². The number of nitrogens with zero attached hydrogens (tertiary/aromatic N) is 5. The van der Waals surface area contributed by atoms with Crippen LogP contribution in [0.25, 0.3) is 11.4 Å². The summed E-state index contributed by atoms with van der Waals surface area (Å²) < 4.78 is 45.8. The number of carbonyl (C=O) groups is 1. The maximum atomic E-state index is 14.1. The summed E-state index contributed by atoms with van der Waals surface area (Å²) in [5, 5.41) is 11.2. The fourth-order valence-electron chi connectivity index (χ4n) is 4.33. The third-order valence-corrected chi connectivity index (χ3v) is 5.97. The summed E-state index contributed by atoms with van der Waals surface area (Å²) in [6.07, 6.45) is -1.36. The van der Waals surface area contributed by atoms with Gasteiger partial charge in [0.15, 0.2) is 0 Å². The molecule has 2 atom stereocenters. The molecule has 34 heavy (non-hydrogen) atoms. The lowest BCUT2D eigenvalue weighted by molar-refractivity contribution is -0.144. The van der Waals surface area contributed by atoms with Gasteiger partial charge in [0.2, 0.25) is 6.41 Å². The second kappa shape index (κ2) is 11.2. The molecule has 0 aliphatic carbocycles. The highest BCUT2D eigenvalue weighted by Crippen LogP contribution is 2.34. The van der Waals surface area contributed by atoms with Gasteiger partial charge >= 0.3 is 5.97 Å². The van der Waals surface area contributed by atoms with E-state index in [4.69, 9.17) is 14.2 Å². The lowest BCUT2D eigenvalue weighted by Crippen LogP contribution is -2.37. The van der Waals surface area contributed by atoms with Crippen molar-refractivity contribution < 1.29 is 27.8 Å². The van der Waals surface area contributed by atoms with Crippen LogP contribution in [0.1, 0.15) is 44.0 Å². The molecule has 0 saturated carbocycles. The Morgan fingerprint density at radius 1 is 1.38 bits per heavy atom. The minimum Gasteiger partial charge on any atom is -0.466 e. The summed E-state index contributed by atoms with van der Waals surface area (Å²) >= 11 is 0. The highest BCUT2D eigenvalue weighted by Gasteiger charge is 2.28. The quantitative estimate of drug-likeness (QED) is 0.542. The number of hydrogen-bond acceptors (Lipinski definition) is 9. The molecule has 0 radical (unpaired) electrons. The molecule has 0 bridgehead atoms. The molecule has 4 heterocycles. The Hall–Kier alpha value is -2.70. The van der Waals surface area contributed by atoms with Crippen LogP contribution in [-0.4, -0.2) is 65.2 Å². The predicted octanol–water partition coefficient (Wildman–Crippen LogP) is 2.40. The Morgan fingerprint density at radius 3 is 2.97 bits per heavy atom. The Bertz CT molecular complexity index is 982. The number of halogens is 2. The van der Waals surface area contributed by atoms with E-state index in [1.54, 1.807) is 26.1 Å². The van der Waals surface area contributed by atoms with E-state index >= 15 is 0 Å². The van der Waals surface area contributed by atoms with E-state index in [0.717, 1.165) is 12.8 Å². The summed E-state index contributed by atoms with van der Waals surface area (Å²) in [5.41, 5.74) is 1.34. The van der Waals surface area contributed by atoms with Crippen molar-refractivity contribution >= 4 is 11.7 Å². The van der Waals surface area contributed by atoms with Gasteiger partial charge in [-0.1, -0.05) is 5.21 Å². The number of hydrogen-bond donors (Lipinski definition) is 1. The predicted molar refractivity (Wildman–Crippen MR) is 118 cm³/mol. The second-order valence-electron chi connectivity index (χ2n) is 8.34. The molecule has 2 aliphatic rings. The SMILES string of the molecule is CCOC(=O)C[C@H]1CCCN(c2ccc(-c3nnn(C)c3COC3NCCO3)nc2C(F)F)C1. The van der Waals surface area contributed by atoms with E-state index in [-0.39, 0.29) is 30.6 Å². The summed E-state index contributed by atoms with van der Waals surface area (Å²) in [7, 11) is 1.71. The molecule has 2 aliphatic heterocycles. The first-order chi connectivity index (χ1) is 16.5. The number of esters is 1. The lowest BCUT2D eigenvalue weighted by Gasteiger charge is -2.35. The number of aromatic nitrogens is 4. The van der Waals surface area contributed by atoms with E-state index in [1.165, 1.54) is 4.68 Å². The Kier molecular flexibility index (Phi) is 8.01. The van der Waals surface area contributed by atoms with E-state index in [0.29, 0.717) is 55.6 Å². The number of rotatable bonds is 9. The normalized spacial score (nSPS) is 20.8. The number of carbonyl (C=O) groups excluding carboxylic acids is 1. The number of aryl methyl sites for hydroxylation is 1. The van der Waals surface area contributed by atoms with Crippen LogP contribution >= 0.6 is 0 Å². The van der Waals surface area contributed by atoms with Crippen LogP contribution in [-0.2, 0) is 32.7 Å². The summed E-state index contributed by atoms with van der Waals surface area (Å²) in [5.74, 6) is -0.208. The Balaban J connectivity index is 1.54. The maximum absolute atomic E-state index is 14.1. The topological polar surface area (TPSA) is 104 Å². The second-order valence-corrected chi connectivity index (χ2v) is 8.34. The number of pyridine rings is 1. The number of piperidine rings is 1. The minimum absolute atomic E-state index is 0.0492. The molecule has 10 nitrogen and oxygen atoms in total. The molecule has 2 saturated heterocycles. The molecular formula is C22H30F2N6O4. The van der Waals surface area contributed by atoms with Gasteiger partial charge in [0.05, 0.1) is 43.3 Å². The molecule has 2 aromatic rings. The fraction of sp³-hybridized carbons (Fsp3) is 0.636. The monoisotopic (exact) mass is 480 g/mol. The first-order valence-corrected chi connectivity index (χ1v) is 11.5. The Morgan fingerprint density at radius 2 is 2.24 bits per heavy atom. The fourth-order valence-corrected chi connectivity index (χ4v) is 4.33. The van der Waals surface area contributed by atoms with Gasteiger partial charge in [0.25, 0.3) is 6.43 Å². The van der Waals surface area contributed by atoms with Crippen molar-refractivity contribution in [3.63, 3.8) is 0 Å². The zero-order valence-corrected chi connectivity index (χ0v) is 19.4. The van der Waals surface area contributed by atoms with Gasteiger partial charge in [-0.3, -0.25) is 10.1 Å². The van der Waals surface area contributed by atoms with Crippen LogP contribution in [0, 0.1) is 5.92 Å². The van der Waals surface area contributed by atoms with Gasteiger partial charge in [0, 0.05) is 26.7 Å². The standard InChI is InChI=1S/C22H30F2N6O4/c1-3-32-18(31)11-14-5-4-9-30(12-14)16-7-6-15(26-20(16)21(23)24)19-17(29(2)28-27-19)13-34-22-25-8-10-33-22/h6-7,14,21-22,25H,3-5,8-13H2,1-2H3/t14-,22?/m1/s1. The molecule has 2 aromatic heterocycles. The molecule has 1 N–H and O–H groups in total. The average molecular weight is 481 g/mol. The van der Waals surface area contributed by atoms with E-state index in [9.17, 15) is 13.6 Å². The van der Waals surface area contributed by atoms with Crippen molar-refractivity contribution in [3.8, 4) is 11.4 Å². The Labute approximate surface area is 196 Å². The third-order valence-electron chi connectivity index (χ3n) is 5.97. The average Bonchev–Trinajstić information content (AvgIpc) is 3.47. The van der Waals surface area contributed by atoms with Gasteiger partial charge < -0.3 is 19.1 Å². The van der Waals surface area contributed by atoms with Crippen molar-refractivity contribution in [3.05, 3.63) is 23.5 Å². The zero-order valence-electron chi connectivity index (χ0n) is 19.4. The van der Waals surface area contributed by atoms with Crippen LogP contribution in [0.3, 0.4) is 0 Å².